The summed E-state index contributed by atoms with van der Waals surface area (Å²) in [4.78, 5) is 19.3. The molecule has 4 rings (SSSR count). The van der Waals surface area contributed by atoms with Crippen molar-refractivity contribution in [1.29, 1.82) is 5.26 Å². The van der Waals surface area contributed by atoms with Gasteiger partial charge in [-0.15, -0.1) is 0 Å². The molecule has 132 valence electrons. The molecule has 0 unspecified atom stereocenters. The van der Waals surface area contributed by atoms with E-state index in [9.17, 15) is 10.1 Å². The van der Waals surface area contributed by atoms with Crippen molar-refractivity contribution in [3.8, 4) is 11.9 Å². The molecule has 3 fully saturated rings. The lowest BCUT2D eigenvalue weighted by molar-refractivity contribution is -0.142. The van der Waals surface area contributed by atoms with Crippen LogP contribution in [0.1, 0.15) is 38.5 Å². The first kappa shape index (κ1) is 16.3. The molecule has 25 heavy (non-hydrogen) atoms. The van der Waals surface area contributed by atoms with Crippen LogP contribution in [0.5, 0.6) is 5.88 Å². The topological polar surface area (TPSA) is 75.5 Å². The van der Waals surface area contributed by atoms with Gasteiger partial charge < -0.3 is 14.4 Å². The zero-order chi connectivity index (χ0) is 17.3. The normalized spacial score (nSPS) is 30.5. The second-order valence-electron chi connectivity index (χ2n) is 7.23. The van der Waals surface area contributed by atoms with Crippen LogP contribution in [0.15, 0.2) is 24.4 Å². The average Bonchev–Trinajstić information content (AvgIpc) is 3.28. The zero-order valence-electron chi connectivity index (χ0n) is 14.3. The minimum absolute atomic E-state index is 0.000729. The van der Waals surface area contributed by atoms with Crippen LogP contribution in [0.2, 0.25) is 0 Å². The predicted molar refractivity (Wildman–Crippen MR) is 89.6 cm³/mol. The molecule has 3 heterocycles. The van der Waals surface area contributed by atoms with Gasteiger partial charge in [0.05, 0.1) is 18.7 Å². The van der Waals surface area contributed by atoms with Crippen molar-refractivity contribution in [3.05, 3.63) is 24.4 Å². The summed E-state index contributed by atoms with van der Waals surface area (Å²) in [5.74, 6) is 0.519. The molecule has 3 aliphatic rings. The standard InChI is InChI=1S/C19H23N3O3/c20-13-19(8-2-3-9-19)18(23)22-12-15(17-14(22)6-5-11-24-17)25-16-7-1-4-10-21-16/h1,4,7,10,14-15,17H,2-3,5-6,8-9,11-12H2/t14-,15+,17+/m1/s1. The molecule has 2 aliphatic heterocycles. The number of hydrogen-bond acceptors (Lipinski definition) is 5. The molecule has 1 aromatic heterocycles. The van der Waals surface area contributed by atoms with E-state index in [1.54, 1.807) is 6.20 Å². The summed E-state index contributed by atoms with van der Waals surface area (Å²) < 4.78 is 12.0. The summed E-state index contributed by atoms with van der Waals surface area (Å²) in [5, 5.41) is 9.67. The Morgan fingerprint density at radius 3 is 2.92 bits per heavy atom. The fraction of sp³-hybridized carbons (Fsp3) is 0.632. The Bertz CT molecular complexity index is 666. The molecule has 1 aromatic rings. The van der Waals surface area contributed by atoms with Crippen molar-refractivity contribution in [2.75, 3.05) is 13.2 Å². The predicted octanol–water partition coefficient (Wildman–Crippen LogP) is 2.30. The van der Waals surface area contributed by atoms with Crippen LogP contribution >= 0.6 is 0 Å². The van der Waals surface area contributed by atoms with Gasteiger partial charge in [-0.3, -0.25) is 4.79 Å². The summed E-state index contributed by atoms with van der Waals surface area (Å²) in [7, 11) is 0. The lowest BCUT2D eigenvalue weighted by Crippen LogP contribution is -2.48. The number of fused-ring (bicyclic) bond motifs is 1. The quantitative estimate of drug-likeness (QED) is 0.843. The third-order valence-corrected chi connectivity index (χ3v) is 5.73. The summed E-state index contributed by atoms with van der Waals surface area (Å²) >= 11 is 0. The minimum Gasteiger partial charge on any atom is -0.470 e. The molecule has 0 spiro atoms. The lowest BCUT2D eigenvalue weighted by atomic mass is 9.86. The fourth-order valence-corrected chi connectivity index (χ4v) is 4.45. The summed E-state index contributed by atoms with van der Waals surface area (Å²) in [6, 6.07) is 7.86. The van der Waals surface area contributed by atoms with Gasteiger partial charge >= 0.3 is 0 Å². The van der Waals surface area contributed by atoms with Gasteiger partial charge in [0.15, 0.2) is 0 Å². The van der Waals surface area contributed by atoms with Crippen molar-refractivity contribution in [1.82, 2.24) is 9.88 Å². The molecule has 6 nitrogen and oxygen atoms in total. The number of carbonyl (C=O) groups is 1. The van der Waals surface area contributed by atoms with Gasteiger partial charge in [-0.2, -0.15) is 5.26 Å². The van der Waals surface area contributed by atoms with Crippen LogP contribution in [0.4, 0.5) is 0 Å². The van der Waals surface area contributed by atoms with Gasteiger partial charge in [-0.1, -0.05) is 18.9 Å². The number of aromatic nitrogens is 1. The van der Waals surface area contributed by atoms with Crippen molar-refractivity contribution >= 4 is 5.91 Å². The van der Waals surface area contributed by atoms with E-state index in [0.29, 0.717) is 31.9 Å². The van der Waals surface area contributed by atoms with Crippen LogP contribution in [0.25, 0.3) is 0 Å². The van der Waals surface area contributed by atoms with E-state index in [1.807, 2.05) is 23.1 Å². The molecule has 0 radical (unpaired) electrons. The van der Waals surface area contributed by atoms with Crippen molar-refractivity contribution < 1.29 is 14.3 Å². The number of carbonyl (C=O) groups excluding carboxylic acids is 1. The van der Waals surface area contributed by atoms with E-state index >= 15 is 0 Å². The van der Waals surface area contributed by atoms with E-state index in [1.165, 1.54) is 0 Å². The molecule has 3 atom stereocenters. The van der Waals surface area contributed by atoms with E-state index in [-0.39, 0.29) is 24.2 Å². The van der Waals surface area contributed by atoms with Crippen molar-refractivity contribution in [3.63, 3.8) is 0 Å². The first-order chi connectivity index (χ1) is 12.2. The lowest BCUT2D eigenvalue weighted by Gasteiger charge is -2.34. The number of rotatable bonds is 3. The molecule has 1 aliphatic carbocycles. The van der Waals surface area contributed by atoms with Gasteiger partial charge in [0.2, 0.25) is 11.8 Å². The van der Waals surface area contributed by atoms with E-state index in [4.69, 9.17) is 9.47 Å². The van der Waals surface area contributed by atoms with Gasteiger partial charge in [0, 0.05) is 18.9 Å². The molecule has 0 aromatic carbocycles. The Hall–Kier alpha value is -2.13. The van der Waals surface area contributed by atoms with Crippen molar-refractivity contribution in [2.45, 2.75) is 56.8 Å². The Labute approximate surface area is 147 Å². The van der Waals surface area contributed by atoms with Gasteiger partial charge in [-0.05, 0) is 31.7 Å². The molecule has 6 heteroatoms. The Morgan fingerprint density at radius 2 is 2.20 bits per heavy atom. The van der Waals surface area contributed by atoms with Crippen LogP contribution < -0.4 is 4.74 Å². The smallest absolute Gasteiger partial charge is 0.243 e. The average molecular weight is 341 g/mol. The fourth-order valence-electron chi connectivity index (χ4n) is 4.45. The third kappa shape index (κ3) is 2.87. The van der Waals surface area contributed by atoms with Gasteiger partial charge in [0.1, 0.15) is 17.6 Å². The zero-order valence-corrected chi connectivity index (χ0v) is 14.3. The maximum absolute atomic E-state index is 13.2. The number of nitrogens with zero attached hydrogens (tertiary/aromatic N) is 3. The summed E-state index contributed by atoms with van der Waals surface area (Å²) in [6.45, 7) is 1.16. The van der Waals surface area contributed by atoms with Gasteiger partial charge in [-0.25, -0.2) is 4.98 Å². The molecule has 2 saturated heterocycles. The molecule has 1 amide bonds. The highest BCUT2D eigenvalue weighted by Gasteiger charge is 2.53. The van der Waals surface area contributed by atoms with E-state index < -0.39 is 5.41 Å². The number of hydrogen-bond donors (Lipinski definition) is 0. The minimum atomic E-state index is -0.845. The Kier molecular flexibility index (Phi) is 4.34. The van der Waals surface area contributed by atoms with Crippen molar-refractivity contribution in [2.24, 2.45) is 5.41 Å². The number of nitriles is 1. The van der Waals surface area contributed by atoms with Crippen LogP contribution in [0, 0.1) is 16.7 Å². The molecule has 1 saturated carbocycles. The maximum Gasteiger partial charge on any atom is 0.243 e. The number of likely N-dealkylation sites (tertiary alicyclic amines) is 1. The van der Waals surface area contributed by atoms with Gasteiger partial charge in [0.25, 0.3) is 0 Å². The van der Waals surface area contributed by atoms with Crippen LogP contribution in [-0.4, -0.2) is 47.2 Å². The van der Waals surface area contributed by atoms with E-state index in [2.05, 4.69) is 11.1 Å². The van der Waals surface area contributed by atoms with Crippen LogP contribution in [-0.2, 0) is 9.53 Å². The molecule has 0 bridgehead atoms. The molecular formula is C19H23N3O3. The largest absolute Gasteiger partial charge is 0.470 e. The second-order valence-corrected chi connectivity index (χ2v) is 7.23. The number of pyridine rings is 1. The Morgan fingerprint density at radius 1 is 1.36 bits per heavy atom. The SMILES string of the molecule is N#CC1(C(=O)N2C[C@H](Oc3ccccn3)[C@H]3OCCC[C@H]32)CCCC1. The maximum atomic E-state index is 13.2. The van der Waals surface area contributed by atoms with Crippen LogP contribution in [0.3, 0.4) is 0 Å². The monoisotopic (exact) mass is 341 g/mol. The highest BCUT2D eigenvalue weighted by molar-refractivity contribution is 5.86. The first-order valence-corrected chi connectivity index (χ1v) is 9.15. The molecular weight excluding hydrogens is 318 g/mol. The number of amides is 1. The highest BCUT2D eigenvalue weighted by atomic mass is 16.5. The third-order valence-electron chi connectivity index (χ3n) is 5.73. The summed E-state index contributed by atoms with van der Waals surface area (Å²) in [6.07, 6.45) is 6.39. The number of ether oxygens (including phenoxy) is 2. The molecule has 0 N–H and O–H groups in total. The van der Waals surface area contributed by atoms with E-state index in [0.717, 1.165) is 25.7 Å². The first-order valence-electron chi connectivity index (χ1n) is 9.15. The summed E-state index contributed by atoms with van der Waals surface area (Å²) in [5.41, 5.74) is -0.845. The highest BCUT2D eigenvalue weighted by Crippen LogP contribution is 2.42. The second kappa shape index (κ2) is 6.64. The Balaban J connectivity index is 1.56.